The Labute approximate surface area is 119 Å². The molecule has 0 unspecified atom stereocenters. The Balaban J connectivity index is 1.94. The number of nitrogens with one attached hydrogen (secondary N) is 1. The van der Waals surface area contributed by atoms with Crippen LogP contribution in [-0.4, -0.2) is 41.4 Å². The fraction of sp³-hybridized carbons (Fsp3) is 0.467. The molecule has 0 saturated heterocycles. The molecule has 1 aromatic carbocycles. The molecule has 5 heteroatoms. The van der Waals surface area contributed by atoms with Crippen molar-refractivity contribution in [1.82, 2.24) is 10.2 Å². The number of amides is 1. The topological polar surface area (TPSA) is 64.9 Å². The first-order valence-corrected chi connectivity index (χ1v) is 6.97. The van der Waals surface area contributed by atoms with Crippen molar-refractivity contribution in [3.8, 4) is 0 Å². The van der Waals surface area contributed by atoms with Crippen molar-refractivity contribution in [3.63, 3.8) is 0 Å². The summed E-state index contributed by atoms with van der Waals surface area (Å²) >= 11 is 0. The summed E-state index contributed by atoms with van der Waals surface area (Å²) in [6, 6.07) is 8.79. The largest absolute Gasteiger partial charge is 0.411 e. The van der Waals surface area contributed by atoms with Crippen LogP contribution in [-0.2, 0) is 17.8 Å². The maximum Gasteiger partial charge on any atom is 0.265 e. The second kappa shape index (κ2) is 7.05. The molecule has 0 radical (unpaired) electrons. The van der Waals surface area contributed by atoms with Gasteiger partial charge in [0.25, 0.3) is 5.91 Å². The average Bonchev–Trinajstić information content (AvgIpc) is 2.67. The summed E-state index contributed by atoms with van der Waals surface area (Å²) < 4.78 is 0. The molecular formula is C15H21N3O2. The minimum Gasteiger partial charge on any atom is -0.411 e. The molecule has 1 heterocycles. The van der Waals surface area contributed by atoms with Crippen LogP contribution in [0, 0.1) is 0 Å². The maximum absolute atomic E-state index is 11.3. The maximum atomic E-state index is 11.3. The van der Waals surface area contributed by atoms with E-state index in [1.165, 1.54) is 11.1 Å². The number of hydrogen-bond acceptors (Lipinski definition) is 4. The molecule has 0 spiro atoms. The number of hydrogen-bond donors (Lipinski definition) is 2. The fourth-order valence-electron chi connectivity index (χ4n) is 2.58. The van der Waals surface area contributed by atoms with Crippen molar-refractivity contribution in [1.29, 1.82) is 0 Å². The third kappa shape index (κ3) is 3.81. The minimum atomic E-state index is -0.366. The summed E-state index contributed by atoms with van der Waals surface area (Å²) in [6.07, 6.45) is 3.13. The number of rotatable bonds is 4. The Morgan fingerprint density at radius 3 is 3.00 bits per heavy atom. The van der Waals surface area contributed by atoms with Crippen LogP contribution >= 0.6 is 0 Å². The predicted octanol–water partition coefficient (Wildman–Crippen LogP) is 1.40. The highest BCUT2D eigenvalue weighted by molar-refractivity contribution is 6.25. The van der Waals surface area contributed by atoms with Gasteiger partial charge in [0.05, 0.1) is 0 Å². The Kier molecular flexibility index (Phi) is 5.12. The second-order valence-corrected chi connectivity index (χ2v) is 5.18. The van der Waals surface area contributed by atoms with Gasteiger partial charge >= 0.3 is 0 Å². The third-order valence-corrected chi connectivity index (χ3v) is 3.75. The van der Waals surface area contributed by atoms with E-state index in [4.69, 9.17) is 5.21 Å². The van der Waals surface area contributed by atoms with Crippen molar-refractivity contribution >= 4 is 12.1 Å². The van der Waals surface area contributed by atoms with Gasteiger partial charge in [-0.15, -0.1) is 0 Å². The fourth-order valence-corrected chi connectivity index (χ4v) is 2.58. The van der Waals surface area contributed by atoms with E-state index in [0.29, 0.717) is 6.54 Å². The zero-order valence-corrected chi connectivity index (χ0v) is 11.7. The lowest BCUT2D eigenvalue weighted by atomic mass is 10.0. The molecule has 5 nitrogen and oxygen atoms in total. The van der Waals surface area contributed by atoms with Crippen LogP contribution in [0.4, 0.5) is 0 Å². The summed E-state index contributed by atoms with van der Waals surface area (Å²) in [4.78, 5) is 13.6. The quantitative estimate of drug-likeness (QED) is 0.496. The Bertz CT molecular complexity index is 488. The number of aryl methyl sites for hydroxylation is 1. The predicted molar refractivity (Wildman–Crippen MR) is 77.9 cm³/mol. The molecule has 1 atom stereocenters. The van der Waals surface area contributed by atoms with Crippen LogP contribution in [0.25, 0.3) is 0 Å². The number of oxime groups is 1. The summed E-state index contributed by atoms with van der Waals surface area (Å²) in [7, 11) is 0. The number of carbonyl (C=O) groups is 1. The lowest BCUT2D eigenvalue weighted by molar-refractivity contribution is -0.114. The van der Waals surface area contributed by atoms with Gasteiger partial charge in [-0.05, 0) is 37.4 Å². The molecular weight excluding hydrogens is 254 g/mol. The molecule has 0 aromatic heterocycles. The van der Waals surface area contributed by atoms with Crippen LogP contribution < -0.4 is 5.32 Å². The number of fused-ring (bicyclic) bond motifs is 1. The van der Waals surface area contributed by atoms with Crippen LogP contribution in [0.15, 0.2) is 29.4 Å². The molecule has 1 aliphatic rings. The average molecular weight is 275 g/mol. The normalized spacial score (nSPS) is 17.4. The van der Waals surface area contributed by atoms with Crippen molar-refractivity contribution in [2.24, 2.45) is 5.16 Å². The van der Waals surface area contributed by atoms with E-state index in [1.54, 1.807) is 0 Å². The van der Waals surface area contributed by atoms with Crippen LogP contribution in [0.2, 0.25) is 0 Å². The van der Waals surface area contributed by atoms with E-state index in [0.717, 1.165) is 32.1 Å². The molecule has 1 aliphatic heterocycles. The summed E-state index contributed by atoms with van der Waals surface area (Å²) in [5, 5.41) is 13.8. The highest BCUT2D eigenvalue weighted by Gasteiger charge is 2.18. The first-order valence-electron chi connectivity index (χ1n) is 6.97. The highest BCUT2D eigenvalue weighted by atomic mass is 16.4. The van der Waals surface area contributed by atoms with Gasteiger partial charge in [-0.2, -0.15) is 0 Å². The Morgan fingerprint density at radius 2 is 2.25 bits per heavy atom. The highest BCUT2D eigenvalue weighted by Crippen LogP contribution is 2.19. The Hall–Kier alpha value is -1.88. The van der Waals surface area contributed by atoms with E-state index in [1.807, 2.05) is 0 Å². The van der Waals surface area contributed by atoms with Gasteiger partial charge in [-0.3, -0.25) is 9.69 Å². The van der Waals surface area contributed by atoms with Crippen molar-refractivity contribution in [3.05, 3.63) is 35.4 Å². The monoisotopic (exact) mass is 275 g/mol. The number of benzene rings is 1. The lowest BCUT2D eigenvalue weighted by Gasteiger charge is -2.27. The molecule has 2 N–H and O–H groups in total. The molecule has 0 fully saturated rings. The molecule has 1 amide bonds. The molecule has 20 heavy (non-hydrogen) atoms. The first-order chi connectivity index (χ1) is 9.70. The van der Waals surface area contributed by atoms with Gasteiger partial charge in [-0.1, -0.05) is 29.4 Å². The van der Waals surface area contributed by atoms with Gasteiger partial charge in [0, 0.05) is 19.1 Å². The van der Waals surface area contributed by atoms with Gasteiger partial charge in [0.1, 0.15) is 6.21 Å². The standard InChI is InChI=1S/C15H21N3O2/c1-12(9-16-15(19)10-17-20)18-8-4-7-13-5-2-3-6-14(13)11-18/h2-3,5-6,10,12,20H,4,7-9,11H2,1H3,(H,16,19)/b17-10+/t12-/m0/s1. The molecule has 108 valence electrons. The smallest absolute Gasteiger partial charge is 0.265 e. The number of nitrogens with zero attached hydrogens (tertiary/aromatic N) is 2. The van der Waals surface area contributed by atoms with Crippen molar-refractivity contribution < 1.29 is 10.0 Å². The van der Waals surface area contributed by atoms with Gasteiger partial charge in [-0.25, -0.2) is 0 Å². The van der Waals surface area contributed by atoms with Crippen LogP contribution in [0.1, 0.15) is 24.5 Å². The second-order valence-electron chi connectivity index (χ2n) is 5.18. The van der Waals surface area contributed by atoms with Gasteiger partial charge in [0.15, 0.2) is 0 Å². The lowest BCUT2D eigenvalue weighted by Crippen LogP contribution is -2.42. The summed E-state index contributed by atoms with van der Waals surface area (Å²) in [5.41, 5.74) is 2.80. The van der Waals surface area contributed by atoms with Gasteiger partial charge < -0.3 is 10.5 Å². The van der Waals surface area contributed by atoms with Crippen molar-refractivity contribution in [2.45, 2.75) is 32.4 Å². The third-order valence-electron chi connectivity index (χ3n) is 3.75. The zero-order valence-electron chi connectivity index (χ0n) is 11.7. The van der Waals surface area contributed by atoms with E-state index in [2.05, 4.69) is 46.6 Å². The van der Waals surface area contributed by atoms with E-state index in [-0.39, 0.29) is 11.9 Å². The number of carbonyl (C=O) groups excluding carboxylic acids is 1. The van der Waals surface area contributed by atoms with E-state index in [9.17, 15) is 4.79 Å². The minimum absolute atomic E-state index is 0.247. The van der Waals surface area contributed by atoms with E-state index < -0.39 is 0 Å². The Morgan fingerprint density at radius 1 is 1.50 bits per heavy atom. The SMILES string of the molecule is C[C@@H](CNC(=O)/C=N/O)N1CCCc2ccccc2C1. The first kappa shape index (κ1) is 14.5. The molecule has 0 aliphatic carbocycles. The van der Waals surface area contributed by atoms with Gasteiger partial charge in [0.2, 0.25) is 0 Å². The molecule has 0 bridgehead atoms. The molecule has 2 rings (SSSR count). The van der Waals surface area contributed by atoms with Crippen LogP contribution in [0.5, 0.6) is 0 Å². The van der Waals surface area contributed by atoms with Crippen molar-refractivity contribution in [2.75, 3.05) is 13.1 Å². The summed E-state index contributed by atoms with van der Waals surface area (Å²) in [6.45, 7) is 4.60. The van der Waals surface area contributed by atoms with E-state index >= 15 is 0 Å². The zero-order chi connectivity index (χ0) is 14.4. The summed E-state index contributed by atoms with van der Waals surface area (Å²) in [5.74, 6) is -0.366. The molecule has 0 saturated carbocycles. The molecule has 1 aromatic rings. The van der Waals surface area contributed by atoms with Crippen LogP contribution in [0.3, 0.4) is 0 Å².